The van der Waals surface area contributed by atoms with Gasteiger partial charge in [-0.2, -0.15) is 0 Å². The molecule has 174 valence electrons. The normalized spacial score (nSPS) is 12.0. The number of carbonyl (C=O) groups is 2. The molecule has 0 spiro atoms. The first kappa shape index (κ1) is 26.8. The van der Waals surface area contributed by atoms with Crippen molar-refractivity contribution in [2.45, 2.75) is 51.1 Å². The minimum absolute atomic E-state index is 0.0935. The first-order valence-corrected chi connectivity index (χ1v) is 12.7. The van der Waals surface area contributed by atoms with Crippen LogP contribution in [0, 0.1) is 5.92 Å². The summed E-state index contributed by atoms with van der Waals surface area (Å²) in [7, 11) is 0. The Kier molecular flexibility index (Phi) is 11.2. The van der Waals surface area contributed by atoms with Crippen molar-refractivity contribution in [1.82, 2.24) is 10.2 Å². The van der Waals surface area contributed by atoms with E-state index in [1.54, 1.807) is 34.9 Å². The lowest BCUT2D eigenvalue weighted by Gasteiger charge is -2.31. The molecule has 0 fully saturated rings. The smallest absolute Gasteiger partial charge is 0.242 e. The second-order valence-electron chi connectivity index (χ2n) is 7.87. The standard InChI is InChI=1S/C24H29Cl3N2O2S/c1-4-22(24(31)28-14-16(2)3)29(15-17-5-6-19(26)13-21(17)27)23(30)11-12-32-20-9-7-18(25)8-10-20/h5-10,13,16,22H,4,11-12,14-15H2,1-3H3,(H,28,31). The van der Waals surface area contributed by atoms with Crippen LogP contribution < -0.4 is 5.32 Å². The van der Waals surface area contributed by atoms with Gasteiger partial charge in [-0.1, -0.05) is 61.6 Å². The molecule has 0 heterocycles. The summed E-state index contributed by atoms with van der Waals surface area (Å²) in [5.74, 6) is 0.672. The SMILES string of the molecule is CCC(C(=O)NCC(C)C)N(Cc1ccc(Cl)cc1Cl)C(=O)CCSc1ccc(Cl)cc1. The van der Waals surface area contributed by atoms with Gasteiger partial charge in [0.15, 0.2) is 0 Å². The second kappa shape index (κ2) is 13.3. The first-order chi connectivity index (χ1) is 15.2. The summed E-state index contributed by atoms with van der Waals surface area (Å²) in [6.07, 6.45) is 0.803. The lowest BCUT2D eigenvalue weighted by Crippen LogP contribution is -2.49. The molecule has 0 aliphatic heterocycles. The van der Waals surface area contributed by atoms with Gasteiger partial charge in [0.25, 0.3) is 0 Å². The van der Waals surface area contributed by atoms with Gasteiger partial charge in [0.1, 0.15) is 6.04 Å². The zero-order valence-electron chi connectivity index (χ0n) is 18.5. The second-order valence-corrected chi connectivity index (χ2v) is 10.3. The largest absolute Gasteiger partial charge is 0.354 e. The molecular formula is C24H29Cl3N2O2S. The Morgan fingerprint density at radius 1 is 1.03 bits per heavy atom. The summed E-state index contributed by atoms with van der Waals surface area (Å²) in [5.41, 5.74) is 0.755. The maximum absolute atomic E-state index is 13.3. The van der Waals surface area contributed by atoms with Gasteiger partial charge in [0, 0.05) is 45.2 Å². The number of hydrogen-bond acceptors (Lipinski definition) is 3. The Balaban J connectivity index is 2.15. The highest BCUT2D eigenvalue weighted by atomic mass is 35.5. The average molecular weight is 516 g/mol. The summed E-state index contributed by atoms with van der Waals surface area (Å²) in [4.78, 5) is 28.8. The van der Waals surface area contributed by atoms with Crippen molar-refractivity contribution in [3.63, 3.8) is 0 Å². The summed E-state index contributed by atoms with van der Waals surface area (Å²) in [6, 6.07) is 12.1. The summed E-state index contributed by atoms with van der Waals surface area (Å²) in [6.45, 7) is 6.78. The van der Waals surface area contributed by atoms with Gasteiger partial charge in [0.05, 0.1) is 0 Å². The maximum Gasteiger partial charge on any atom is 0.242 e. The van der Waals surface area contributed by atoms with Gasteiger partial charge in [-0.05, 0) is 54.3 Å². The highest BCUT2D eigenvalue weighted by Gasteiger charge is 2.29. The molecule has 2 aromatic carbocycles. The summed E-state index contributed by atoms with van der Waals surface area (Å²) in [5, 5.41) is 4.64. The highest BCUT2D eigenvalue weighted by molar-refractivity contribution is 7.99. The number of thioether (sulfide) groups is 1. The molecule has 32 heavy (non-hydrogen) atoms. The van der Waals surface area contributed by atoms with Crippen molar-refractivity contribution in [2.24, 2.45) is 5.92 Å². The van der Waals surface area contributed by atoms with Crippen LogP contribution in [0.25, 0.3) is 0 Å². The van der Waals surface area contributed by atoms with E-state index in [9.17, 15) is 9.59 Å². The first-order valence-electron chi connectivity index (χ1n) is 10.6. The zero-order chi connectivity index (χ0) is 23.7. The minimum atomic E-state index is -0.575. The third-order valence-corrected chi connectivity index (χ3v) is 6.68. The Bertz CT molecular complexity index is 907. The molecule has 0 aliphatic carbocycles. The molecule has 2 rings (SSSR count). The van der Waals surface area contributed by atoms with Gasteiger partial charge in [0.2, 0.25) is 11.8 Å². The number of nitrogens with zero attached hydrogens (tertiary/aromatic N) is 1. The molecule has 0 aliphatic rings. The van der Waals surface area contributed by atoms with Gasteiger partial charge in [-0.25, -0.2) is 0 Å². The van der Waals surface area contributed by atoms with Crippen LogP contribution >= 0.6 is 46.6 Å². The van der Waals surface area contributed by atoms with Gasteiger partial charge >= 0.3 is 0 Å². The molecular weight excluding hydrogens is 487 g/mol. The Hall–Kier alpha value is -1.40. The van der Waals surface area contributed by atoms with Crippen molar-refractivity contribution < 1.29 is 9.59 Å². The Morgan fingerprint density at radius 2 is 1.69 bits per heavy atom. The fraction of sp³-hybridized carbons (Fsp3) is 0.417. The van der Waals surface area contributed by atoms with Crippen LogP contribution in [-0.2, 0) is 16.1 Å². The summed E-state index contributed by atoms with van der Waals surface area (Å²) >= 11 is 19.9. The minimum Gasteiger partial charge on any atom is -0.354 e. The van der Waals surface area contributed by atoms with E-state index in [1.165, 1.54) is 0 Å². The van der Waals surface area contributed by atoms with Crippen molar-refractivity contribution in [2.75, 3.05) is 12.3 Å². The topological polar surface area (TPSA) is 49.4 Å². The molecule has 0 saturated heterocycles. The average Bonchev–Trinajstić information content (AvgIpc) is 2.74. The van der Waals surface area contributed by atoms with Crippen LogP contribution in [0.2, 0.25) is 15.1 Å². The Morgan fingerprint density at radius 3 is 2.28 bits per heavy atom. The van der Waals surface area contributed by atoms with Crippen LogP contribution in [0.3, 0.4) is 0 Å². The van der Waals surface area contributed by atoms with Crippen molar-refractivity contribution in [3.8, 4) is 0 Å². The van der Waals surface area contributed by atoms with Gasteiger partial charge in [-0.15, -0.1) is 11.8 Å². The van der Waals surface area contributed by atoms with Crippen molar-refractivity contribution in [1.29, 1.82) is 0 Å². The third kappa shape index (κ3) is 8.51. The number of amides is 2. The molecule has 1 unspecified atom stereocenters. The molecule has 0 radical (unpaired) electrons. The van der Waals surface area contributed by atoms with E-state index in [4.69, 9.17) is 34.8 Å². The molecule has 1 atom stereocenters. The summed E-state index contributed by atoms with van der Waals surface area (Å²) < 4.78 is 0. The van der Waals surface area contributed by atoms with E-state index in [1.807, 2.05) is 45.0 Å². The molecule has 8 heteroatoms. The van der Waals surface area contributed by atoms with Crippen LogP contribution in [-0.4, -0.2) is 35.1 Å². The molecule has 0 bridgehead atoms. The molecule has 2 aromatic rings. The number of halogens is 3. The molecule has 0 aromatic heterocycles. The molecule has 0 saturated carbocycles. The van der Waals surface area contributed by atoms with E-state index >= 15 is 0 Å². The molecule has 1 N–H and O–H groups in total. The third-order valence-electron chi connectivity index (χ3n) is 4.82. The number of nitrogens with one attached hydrogen (secondary N) is 1. The lowest BCUT2D eigenvalue weighted by molar-refractivity contribution is -0.141. The lowest BCUT2D eigenvalue weighted by atomic mass is 10.1. The van der Waals surface area contributed by atoms with Gasteiger partial charge in [-0.3, -0.25) is 9.59 Å². The van der Waals surface area contributed by atoms with E-state index in [-0.39, 0.29) is 18.4 Å². The fourth-order valence-electron chi connectivity index (χ4n) is 3.11. The highest BCUT2D eigenvalue weighted by Crippen LogP contribution is 2.25. The van der Waals surface area contributed by atoms with E-state index < -0.39 is 6.04 Å². The number of hydrogen-bond donors (Lipinski definition) is 1. The van der Waals surface area contributed by atoms with Crippen LogP contribution in [0.1, 0.15) is 39.2 Å². The fourth-order valence-corrected chi connectivity index (χ4v) is 4.54. The monoisotopic (exact) mass is 514 g/mol. The van der Waals surface area contributed by atoms with Crippen LogP contribution in [0.15, 0.2) is 47.4 Å². The maximum atomic E-state index is 13.3. The van der Waals surface area contributed by atoms with E-state index in [0.29, 0.717) is 46.1 Å². The van der Waals surface area contributed by atoms with Crippen molar-refractivity contribution >= 4 is 58.4 Å². The predicted molar refractivity (Wildman–Crippen MR) is 136 cm³/mol. The van der Waals surface area contributed by atoms with Crippen molar-refractivity contribution in [3.05, 3.63) is 63.1 Å². The Labute approximate surface area is 210 Å². The number of benzene rings is 2. The van der Waals surface area contributed by atoms with Crippen LogP contribution in [0.4, 0.5) is 0 Å². The quantitative estimate of drug-likeness (QED) is 0.338. The van der Waals surface area contributed by atoms with Gasteiger partial charge < -0.3 is 10.2 Å². The number of carbonyl (C=O) groups excluding carboxylic acids is 2. The van der Waals surface area contributed by atoms with E-state index in [2.05, 4.69) is 5.32 Å². The van der Waals surface area contributed by atoms with Crippen LogP contribution in [0.5, 0.6) is 0 Å². The predicted octanol–water partition coefficient (Wildman–Crippen LogP) is 6.71. The molecule has 4 nitrogen and oxygen atoms in total. The number of rotatable bonds is 11. The van der Waals surface area contributed by atoms with E-state index in [0.717, 1.165) is 10.5 Å². The molecule has 2 amide bonds. The zero-order valence-corrected chi connectivity index (χ0v) is 21.6.